The van der Waals surface area contributed by atoms with Gasteiger partial charge in [-0.25, -0.2) is 9.97 Å². The number of anilines is 3. The lowest BCUT2D eigenvalue weighted by atomic mass is 10.1. The van der Waals surface area contributed by atoms with Gasteiger partial charge in [-0.1, -0.05) is 11.2 Å². The highest BCUT2D eigenvalue weighted by atomic mass is 16.5. The van der Waals surface area contributed by atoms with Crippen molar-refractivity contribution >= 4 is 23.2 Å². The Morgan fingerprint density at radius 3 is 2.46 bits per heavy atom. The highest BCUT2D eigenvalue weighted by molar-refractivity contribution is 6.02. The van der Waals surface area contributed by atoms with E-state index in [1.54, 1.807) is 13.0 Å². The fraction of sp³-hybridized carbons (Fsp3) is 0.176. The second kappa shape index (κ2) is 6.49. The first kappa shape index (κ1) is 15.7. The van der Waals surface area contributed by atoms with Gasteiger partial charge in [0.15, 0.2) is 5.82 Å². The molecule has 0 aliphatic carbocycles. The summed E-state index contributed by atoms with van der Waals surface area (Å²) >= 11 is 0. The molecule has 0 unspecified atom stereocenters. The van der Waals surface area contributed by atoms with Crippen molar-refractivity contribution in [2.24, 2.45) is 0 Å². The summed E-state index contributed by atoms with van der Waals surface area (Å²) in [5.74, 6) is 1.13. The zero-order valence-electron chi connectivity index (χ0n) is 13.6. The van der Waals surface area contributed by atoms with Gasteiger partial charge in [0.1, 0.15) is 17.3 Å². The van der Waals surface area contributed by atoms with E-state index in [1.807, 2.05) is 25.1 Å². The van der Waals surface area contributed by atoms with Crippen LogP contribution in [0, 0.1) is 20.8 Å². The Labute approximate surface area is 139 Å². The molecule has 1 amide bonds. The van der Waals surface area contributed by atoms with Crippen LogP contribution < -0.4 is 10.6 Å². The van der Waals surface area contributed by atoms with E-state index in [9.17, 15) is 4.79 Å². The van der Waals surface area contributed by atoms with E-state index in [-0.39, 0.29) is 5.69 Å². The van der Waals surface area contributed by atoms with Crippen LogP contribution in [0.2, 0.25) is 0 Å². The van der Waals surface area contributed by atoms with Gasteiger partial charge >= 0.3 is 0 Å². The molecule has 2 aromatic heterocycles. The minimum atomic E-state index is -0.395. The third-order valence-electron chi connectivity index (χ3n) is 3.53. The maximum absolute atomic E-state index is 12.1. The number of amides is 1. The summed E-state index contributed by atoms with van der Waals surface area (Å²) in [5.41, 5.74) is 3.53. The standard InChI is InChI=1S/C17H17N5O2/c1-10-4-5-13(6-11(10)2)20-16-9-18-14(8-19-16)17(23)21-15-7-12(3)24-22-15/h4-9H,1-3H3,(H,19,20)(H,21,22,23). The van der Waals surface area contributed by atoms with Crippen LogP contribution in [0.4, 0.5) is 17.3 Å². The van der Waals surface area contributed by atoms with Crippen molar-refractivity contribution in [3.05, 3.63) is 59.2 Å². The predicted molar refractivity (Wildman–Crippen MR) is 90.4 cm³/mol. The van der Waals surface area contributed by atoms with Crippen molar-refractivity contribution in [2.45, 2.75) is 20.8 Å². The van der Waals surface area contributed by atoms with Gasteiger partial charge in [-0.05, 0) is 44.0 Å². The number of aromatic nitrogens is 3. The molecule has 2 heterocycles. The first-order valence-electron chi connectivity index (χ1n) is 7.42. The van der Waals surface area contributed by atoms with E-state index in [1.165, 1.54) is 23.5 Å². The Morgan fingerprint density at radius 1 is 1.00 bits per heavy atom. The van der Waals surface area contributed by atoms with Crippen LogP contribution >= 0.6 is 0 Å². The van der Waals surface area contributed by atoms with E-state index >= 15 is 0 Å². The topological polar surface area (TPSA) is 92.9 Å². The van der Waals surface area contributed by atoms with Crippen LogP contribution in [0.5, 0.6) is 0 Å². The molecule has 0 aliphatic heterocycles. The average Bonchev–Trinajstić information content (AvgIpc) is 2.96. The summed E-state index contributed by atoms with van der Waals surface area (Å²) in [5, 5.41) is 9.46. The SMILES string of the molecule is Cc1cc(NC(=O)c2cnc(Nc3ccc(C)c(C)c3)cn2)no1. The Morgan fingerprint density at radius 2 is 1.83 bits per heavy atom. The van der Waals surface area contributed by atoms with Crippen LogP contribution in [0.15, 0.2) is 41.2 Å². The number of hydrogen-bond donors (Lipinski definition) is 2. The molecule has 7 heteroatoms. The van der Waals surface area contributed by atoms with Crippen LogP contribution in [0.25, 0.3) is 0 Å². The molecule has 0 saturated heterocycles. The molecule has 0 atom stereocenters. The lowest BCUT2D eigenvalue weighted by Gasteiger charge is -2.08. The number of hydrogen-bond acceptors (Lipinski definition) is 6. The van der Waals surface area contributed by atoms with Crippen LogP contribution in [-0.2, 0) is 0 Å². The zero-order chi connectivity index (χ0) is 17.1. The van der Waals surface area contributed by atoms with Gasteiger partial charge in [-0.15, -0.1) is 0 Å². The van der Waals surface area contributed by atoms with Gasteiger partial charge in [-0.2, -0.15) is 0 Å². The lowest BCUT2D eigenvalue weighted by molar-refractivity contribution is 0.102. The molecule has 7 nitrogen and oxygen atoms in total. The maximum Gasteiger partial charge on any atom is 0.277 e. The predicted octanol–water partition coefficient (Wildman–Crippen LogP) is 3.39. The van der Waals surface area contributed by atoms with Gasteiger partial charge in [0.05, 0.1) is 12.4 Å². The number of nitrogens with zero attached hydrogens (tertiary/aromatic N) is 3. The first-order chi connectivity index (χ1) is 11.5. The summed E-state index contributed by atoms with van der Waals surface area (Å²) in [6.45, 7) is 5.85. The highest BCUT2D eigenvalue weighted by Gasteiger charge is 2.11. The molecule has 3 aromatic rings. The monoisotopic (exact) mass is 323 g/mol. The second-order valence-electron chi connectivity index (χ2n) is 5.49. The normalized spacial score (nSPS) is 10.5. The van der Waals surface area contributed by atoms with Gasteiger partial charge in [0, 0.05) is 11.8 Å². The maximum atomic E-state index is 12.1. The number of rotatable bonds is 4. The van der Waals surface area contributed by atoms with E-state index in [4.69, 9.17) is 4.52 Å². The number of carbonyl (C=O) groups is 1. The number of benzene rings is 1. The molecule has 0 fully saturated rings. The largest absolute Gasteiger partial charge is 0.360 e. The number of carbonyl (C=O) groups excluding carboxylic acids is 1. The van der Waals surface area contributed by atoms with Crippen molar-refractivity contribution in [3.8, 4) is 0 Å². The first-order valence-corrected chi connectivity index (χ1v) is 7.42. The van der Waals surface area contributed by atoms with Gasteiger partial charge in [-0.3, -0.25) is 4.79 Å². The van der Waals surface area contributed by atoms with Gasteiger partial charge < -0.3 is 15.2 Å². The molecular formula is C17H17N5O2. The van der Waals surface area contributed by atoms with Gasteiger partial charge in [0.2, 0.25) is 0 Å². The fourth-order valence-electron chi connectivity index (χ4n) is 2.08. The fourth-order valence-corrected chi connectivity index (χ4v) is 2.08. The molecule has 24 heavy (non-hydrogen) atoms. The van der Waals surface area contributed by atoms with Crippen molar-refractivity contribution < 1.29 is 9.32 Å². The average molecular weight is 323 g/mol. The van der Waals surface area contributed by atoms with Crippen molar-refractivity contribution in [1.82, 2.24) is 15.1 Å². The third-order valence-corrected chi connectivity index (χ3v) is 3.53. The molecule has 0 radical (unpaired) electrons. The van der Waals surface area contributed by atoms with Crippen LogP contribution in [0.3, 0.4) is 0 Å². The highest BCUT2D eigenvalue weighted by Crippen LogP contribution is 2.18. The Hall–Kier alpha value is -3.22. The van der Waals surface area contributed by atoms with E-state index in [2.05, 4.69) is 32.7 Å². The van der Waals surface area contributed by atoms with E-state index < -0.39 is 5.91 Å². The molecule has 3 rings (SSSR count). The van der Waals surface area contributed by atoms with Crippen LogP contribution in [-0.4, -0.2) is 21.0 Å². The Bertz CT molecular complexity index is 871. The summed E-state index contributed by atoms with van der Waals surface area (Å²) in [6, 6.07) is 7.66. The minimum absolute atomic E-state index is 0.196. The Kier molecular flexibility index (Phi) is 4.24. The summed E-state index contributed by atoms with van der Waals surface area (Å²) in [6.07, 6.45) is 2.92. The van der Waals surface area contributed by atoms with Crippen molar-refractivity contribution in [2.75, 3.05) is 10.6 Å². The van der Waals surface area contributed by atoms with E-state index in [0.717, 1.165) is 5.69 Å². The quantitative estimate of drug-likeness (QED) is 0.764. The molecule has 0 spiro atoms. The summed E-state index contributed by atoms with van der Waals surface area (Å²) < 4.78 is 4.89. The smallest absolute Gasteiger partial charge is 0.277 e. The molecule has 1 aromatic carbocycles. The molecule has 0 saturated carbocycles. The van der Waals surface area contributed by atoms with E-state index in [0.29, 0.717) is 17.4 Å². The molecule has 122 valence electrons. The van der Waals surface area contributed by atoms with Crippen molar-refractivity contribution in [3.63, 3.8) is 0 Å². The van der Waals surface area contributed by atoms with Crippen LogP contribution in [0.1, 0.15) is 27.4 Å². The number of nitrogens with one attached hydrogen (secondary N) is 2. The minimum Gasteiger partial charge on any atom is -0.360 e. The molecule has 2 N–H and O–H groups in total. The van der Waals surface area contributed by atoms with Gasteiger partial charge in [0.25, 0.3) is 5.91 Å². The number of aryl methyl sites for hydroxylation is 3. The third kappa shape index (κ3) is 3.57. The molecule has 0 bridgehead atoms. The molecular weight excluding hydrogens is 306 g/mol. The summed E-state index contributed by atoms with van der Waals surface area (Å²) in [7, 11) is 0. The Balaban J connectivity index is 1.68. The van der Waals surface area contributed by atoms with Crippen molar-refractivity contribution in [1.29, 1.82) is 0 Å². The second-order valence-corrected chi connectivity index (χ2v) is 5.49. The lowest BCUT2D eigenvalue weighted by Crippen LogP contribution is -2.14. The molecule has 0 aliphatic rings. The zero-order valence-corrected chi connectivity index (χ0v) is 13.6. The summed E-state index contributed by atoms with van der Waals surface area (Å²) in [4.78, 5) is 20.4.